The molecule has 2 amide bonds. The molecule has 19 heavy (non-hydrogen) atoms. The summed E-state index contributed by atoms with van der Waals surface area (Å²) < 4.78 is 5.24. The number of piperazine rings is 1. The maximum atomic E-state index is 12.1. The highest BCUT2D eigenvalue weighted by atomic mass is 16.5. The number of amides is 2. The van der Waals surface area contributed by atoms with Crippen molar-refractivity contribution in [3.63, 3.8) is 0 Å². The van der Waals surface area contributed by atoms with E-state index < -0.39 is 0 Å². The number of aryl methyl sites for hydroxylation is 1. The fourth-order valence-corrected chi connectivity index (χ4v) is 2.11. The summed E-state index contributed by atoms with van der Waals surface area (Å²) in [4.78, 5) is 24.9. The summed E-state index contributed by atoms with van der Waals surface area (Å²) >= 11 is 0. The lowest BCUT2D eigenvalue weighted by Crippen LogP contribution is -2.50. The Bertz CT molecular complexity index is 499. The van der Waals surface area contributed by atoms with Gasteiger partial charge in [0.05, 0.1) is 20.1 Å². The van der Waals surface area contributed by atoms with Crippen molar-refractivity contribution in [2.24, 2.45) is 0 Å². The van der Waals surface area contributed by atoms with Gasteiger partial charge in [0.2, 0.25) is 11.8 Å². The molecule has 0 unspecified atom stereocenters. The quantitative estimate of drug-likeness (QED) is 0.863. The van der Waals surface area contributed by atoms with Crippen LogP contribution in [0.1, 0.15) is 11.1 Å². The Labute approximate surface area is 112 Å². The molecule has 0 atom stereocenters. The van der Waals surface area contributed by atoms with Gasteiger partial charge in [-0.15, -0.1) is 0 Å². The molecule has 1 aliphatic heterocycles. The lowest BCUT2D eigenvalue weighted by atomic mass is 10.1. The molecule has 1 fully saturated rings. The molecule has 1 aliphatic rings. The summed E-state index contributed by atoms with van der Waals surface area (Å²) in [6, 6.07) is 5.72. The first-order valence-electron chi connectivity index (χ1n) is 6.28. The van der Waals surface area contributed by atoms with Gasteiger partial charge in [-0.1, -0.05) is 12.1 Å². The summed E-state index contributed by atoms with van der Waals surface area (Å²) in [5.74, 6) is 0.656. The standard InChI is InChI=1S/C14H18N2O3/c1-10-3-4-11(7-12(10)19-2)8-14(18)16-6-5-15-13(17)9-16/h3-4,7H,5-6,8-9H2,1-2H3,(H,15,17). The van der Waals surface area contributed by atoms with E-state index in [1.54, 1.807) is 12.0 Å². The molecular weight excluding hydrogens is 244 g/mol. The van der Waals surface area contributed by atoms with Crippen molar-refractivity contribution in [1.82, 2.24) is 10.2 Å². The number of benzene rings is 1. The molecule has 1 saturated heterocycles. The lowest BCUT2D eigenvalue weighted by Gasteiger charge is -2.26. The number of ether oxygens (including phenoxy) is 1. The van der Waals surface area contributed by atoms with Gasteiger partial charge in [0.25, 0.3) is 0 Å². The van der Waals surface area contributed by atoms with Crippen molar-refractivity contribution in [3.8, 4) is 5.75 Å². The Kier molecular flexibility index (Phi) is 4.04. The Morgan fingerprint density at radius 3 is 2.95 bits per heavy atom. The normalized spacial score (nSPS) is 15.1. The molecule has 0 aliphatic carbocycles. The zero-order valence-corrected chi connectivity index (χ0v) is 11.2. The van der Waals surface area contributed by atoms with E-state index in [4.69, 9.17) is 4.74 Å². The molecule has 1 aromatic carbocycles. The number of carbonyl (C=O) groups is 2. The Hall–Kier alpha value is -2.04. The van der Waals surface area contributed by atoms with E-state index in [2.05, 4.69) is 5.32 Å². The lowest BCUT2D eigenvalue weighted by molar-refractivity contribution is -0.137. The highest BCUT2D eigenvalue weighted by Crippen LogP contribution is 2.19. The predicted octanol–water partition coefficient (Wildman–Crippen LogP) is 0.505. The van der Waals surface area contributed by atoms with Crippen molar-refractivity contribution in [3.05, 3.63) is 29.3 Å². The average molecular weight is 262 g/mol. The van der Waals surface area contributed by atoms with Gasteiger partial charge in [-0.3, -0.25) is 9.59 Å². The van der Waals surface area contributed by atoms with Crippen LogP contribution in [0.4, 0.5) is 0 Å². The van der Waals surface area contributed by atoms with Crippen LogP contribution in [0.2, 0.25) is 0 Å². The van der Waals surface area contributed by atoms with Gasteiger partial charge in [0.15, 0.2) is 0 Å². The van der Waals surface area contributed by atoms with Crippen molar-refractivity contribution in [1.29, 1.82) is 0 Å². The van der Waals surface area contributed by atoms with Crippen LogP contribution in [0.15, 0.2) is 18.2 Å². The third kappa shape index (κ3) is 3.24. The highest BCUT2D eigenvalue weighted by molar-refractivity contribution is 5.86. The topological polar surface area (TPSA) is 58.6 Å². The van der Waals surface area contributed by atoms with Gasteiger partial charge in [0, 0.05) is 13.1 Å². The maximum absolute atomic E-state index is 12.1. The molecule has 1 N–H and O–H groups in total. The largest absolute Gasteiger partial charge is 0.496 e. The molecule has 102 valence electrons. The van der Waals surface area contributed by atoms with Crippen molar-refractivity contribution in [2.75, 3.05) is 26.7 Å². The number of nitrogens with one attached hydrogen (secondary N) is 1. The van der Waals surface area contributed by atoms with Gasteiger partial charge >= 0.3 is 0 Å². The SMILES string of the molecule is COc1cc(CC(=O)N2CCNC(=O)C2)ccc1C. The van der Waals surface area contributed by atoms with Crippen molar-refractivity contribution in [2.45, 2.75) is 13.3 Å². The van der Waals surface area contributed by atoms with Gasteiger partial charge < -0.3 is 15.0 Å². The first kappa shape index (κ1) is 13.4. The molecular formula is C14H18N2O3. The third-order valence-electron chi connectivity index (χ3n) is 3.22. The molecule has 0 radical (unpaired) electrons. The van der Waals surface area contributed by atoms with Crippen LogP contribution >= 0.6 is 0 Å². The van der Waals surface area contributed by atoms with Crippen LogP contribution in [0.3, 0.4) is 0 Å². The summed E-state index contributed by atoms with van der Waals surface area (Å²) in [5.41, 5.74) is 1.94. The smallest absolute Gasteiger partial charge is 0.239 e. The molecule has 0 bridgehead atoms. The predicted molar refractivity (Wildman–Crippen MR) is 71.0 cm³/mol. The molecule has 1 aromatic rings. The van der Waals surface area contributed by atoms with Crippen LogP contribution < -0.4 is 10.1 Å². The van der Waals surface area contributed by atoms with E-state index in [0.29, 0.717) is 19.5 Å². The molecule has 0 spiro atoms. The molecule has 0 aromatic heterocycles. The van der Waals surface area contributed by atoms with E-state index in [9.17, 15) is 9.59 Å². The first-order valence-corrected chi connectivity index (χ1v) is 6.28. The van der Waals surface area contributed by atoms with Gasteiger partial charge in [-0.05, 0) is 24.1 Å². The van der Waals surface area contributed by atoms with Gasteiger partial charge in [-0.2, -0.15) is 0 Å². The molecule has 0 saturated carbocycles. The maximum Gasteiger partial charge on any atom is 0.239 e. The zero-order chi connectivity index (χ0) is 13.8. The molecule has 5 nitrogen and oxygen atoms in total. The van der Waals surface area contributed by atoms with E-state index in [1.807, 2.05) is 25.1 Å². The summed E-state index contributed by atoms with van der Waals surface area (Å²) in [6.45, 7) is 3.22. The van der Waals surface area contributed by atoms with Crippen LogP contribution in [-0.2, 0) is 16.0 Å². The minimum Gasteiger partial charge on any atom is -0.496 e. The minimum atomic E-state index is -0.0962. The summed E-state index contributed by atoms with van der Waals surface area (Å²) in [5, 5.41) is 2.70. The fourth-order valence-electron chi connectivity index (χ4n) is 2.11. The number of nitrogens with zero attached hydrogens (tertiary/aromatic N) is 1. The molecule has 5 heteroatoms. The number of hydrogen-bond donors (Lipinski definition) is 1. The Morgan fingerprint density at radius 1 is 1.47 bits per heavy atom. The van der Waals surface area contributed by atoms with E-state index in [-0.39, 0.29) is 18.4 Å². The fraction of sp³-hybridized carbons (Fsp3) is 0.429. The summed E-state index contributed by atoms with van der Waals surface area (Å²) in [7, 11) is 1.61. The van der Waals surface area contributed by atoms with Crippen molar-refractivity contribution < 1.29 is 14.3 Å². The van der Waals surface area contributed by atoms with Crippen LogP contribution in [-0.4, -0.2) is 43.5 Å². The highest BCUT2D eigenvalue weighted by Gasteiger charge is 2.21. The van der Waals surface area contributed by atoms with Crippen LogP contribution in [0, 0.1) is 6.92 Å². The second-order valence-corrected chi connectivity index (χ2v) is 4.65. The molecule has 2 rings (SSSR count). The second-order valence-electron chi connectivity index (χ2n) is 4.65. The zero-order valence-electron chi connectivity index (χ0n) is 11.2. The first-order chi connectivity index (χ1) is 9.10. The van der Waals surface area contributed by atoms with Gasteiger partial charge in [-0.25, -0.2) is 0 Å². The third-order valence-corrected chi connectivity index (χ3v) is 3.22. The Balaban J connectivity index is 2.04. The van der Waals surface area contributed by atoms with Crippen molar-refractivity contribution >= 4 is 11.8 Å². The average Bonchev–Trinajstić information content (AvgIpc) is 2.41. The monoisotopic (exact) mass is 262 g/mol. The van der Waals surface area contributed by atoms with Gasteiger partial charge in [0.1, 0.15) is 5.75 Å². The number of carbonyl (C=O) groups excluding carboxylic acids is 2. The second kappa shape index (κ2) is 5.73. The summed E-state index contributed by atoms with van der Waals surface area (Å²) in [6.07, 6.45) is 0.296. The number of rotatable bonds is 3. The number of methoxy groups -OCH3 is 1. The van der Waals surface area contributed by atoms with Crippen LogP contribution in [0.25, 0.3) is 0 Å². The Morgan fingerprint density at radius 2 is 2.26 bits per heavy atom. The van der Waals surface area contributed by atoms with E-state index in [1.165, 1.54) is 0 Å². The van der Waals surface area contributed by atoms with E-state index >= 15 is 0 Å². The van der Waals surface area contributed by atoms with E-state index in [0.717, 1.165) is 16.9 Å². The van der Waals surface area contributed by atoms with Crippen LogP contribution in [0.5, 0.6) is 5.75 Å². The molecule has 1 heterocycles. The minimum absolute atomic E-state index is 0.0271. The number of hydrogen-bond acceptors (Lipinski definition) is 3.